The lowest BCUT2D eigenvalue weighted by Gasteiger charge is -2.29. The van der Waals surface area contributed by atoms with Gasteiger partial charge in [0.2, 0.25) is 5.89 Å². The molecule has 1 N–H and O–H groups in total. The Morgan fingerprint density at radius 2 is 1.97 bits per heavy atom. The second-order valence-electron chi connectivity index (χ2n) is 6.75. The molecular formula is C20H18ClF2N5O3. The molecule has 0 radical (unpaired) electrons. The van der Waals surface area contributed by atoms with E-state index in [-0.39, 0.29) is 11.9 Å². The molecule has 1 fully saturated rings. The molecule has 1 aromatic carbocycles. The zero-order valence-corrected chi connectivity index (χ0v) is 16.9. The summed E-state index contributed by atoms with van der Waals surface area (Å²) in [7, 11) is 0. The van der Waals surface area contributed by atoms with E-state index in [1.807, 2.05) is 6.07 Å². The smallest absolute Gasteiger partial charge is 0.318 e. The molecule has 162 valence electrons. The van der Waals surface area contributed by atoms with Gasteiger partial charge in [-0.05, 0) is 29.8 Å². The Kier molecular flexibility index (Phi) is 6.38. The summed E-state index contributed by atoms with van der Waals surface area (Å²) in [4.78, 5) is 18.9. The van der Waals surface area contributed by atoms with Crippen LogP contribution >= 0.6 is 11.6 Å². The van der Waals surface area contributed by atoms with Crippen molar-refractivity contribution in [3.63, 3.8) is 0 Å². The minimum atomic E-state index is -2.85. The summed E-state index contributed by atoms with van der Waals surface area (Å²) >= 11 is 6.15. The molecule has 1 unspecified atom stereocenters. The van der Waals surface area contributed by atoms with Gasteiger partial charge in [0.15, 0.2) is 0 Å². The Hall–Kier alpha value is -3.11. The molecule has 1 atom stereocenters. The molecule has 1 aliphatic heterocycles. The minimum absolute atomic E-state index is 0.0639. The van der Waals surface area contributed by atoms with Gasteiger partial charge in [-0.15, -0.1) is 10.2 Å². The zero-order valence-electron chi connectivity index (χ0n) is 16.2. The Balaban J connectivity index is 1.60. The number of alkyl halides is 2. The van der Waals surface area contributed by atoms with Crippen LogP contribution in [0.25, 0.3) is 11.5 Å². The summed E-state index contributed by atoms with van der Waals surface area (Å²) in [6, 6.07) is 9.53. The fraction of sp³-hybridized carbons (Fsp3) is 0.300. The van der Waals surface area contributed by atoms with Crippen LogP contribution in [0.3, 0.4) is 0 Å². The maximum Gasteiger partial charge on any atom is 0.318 e. The Bertz CT molecular complexity index is 1040. The second kappa shape index (κ2) is 9.36. The highest BCUT2D eigenvalue weighted by molar-refractivity contribution is 6.30. The lowest BCUT2D eigenvalue weighted by Crippen LogP contribution is -2.47. The van der Waals surface area contributed by atoms with Crippen LogP contribution < -0.4 is 5.32 Å². The predicted molar refractivity (Wildman–Crippen MR) is 107 cm³/mol. The third-order valence-electron chi connectivity index (χ3n) is 4.70. The number of pyridine rings is 1. The molecule has 1 saturated heterocycles. The number of carbonyl (C=O) groups excluding carboxylic acids is 1. The first kappa shape index (κ1) is 21.1. The van der Waals surface area contributed by atoms with E-state index in [0.29, 0.717) is 42.6 Å². The number of carbonyl (C=O) groups is 1. The molecule has 8 nitrogen and oxygen atoms in total. The van der Waals surface area contributed by atoms with Gasteiger partial charge in [0.05, 0.1) is 30.5 Å². The summed E-state index contributed by atoms with van der Waals surface area (Å²) in [5.74, 6) is -0.820. The van der Waals surface area contributed by atoms with Gasteiger partial charge >= 0.3 is 12.5 Å². The molecule has 1 aliphatic rings. The number of rotatable bonds is 5. The maximum absolute atomic E-state index is 12.8. The van der Waals surface area contributed by atoms with Crippen molar-refractivity contribution in [2.75, 3.05) is 26.3 Å². The van der Waals surface area contributed by atoms with Gasteiger partial charge in [0, 0.05) is 24.3 Å². The number of halogens is 3. The number of benzene rings is 1. The first-order valence-corrected chi connectivity index (χ1v) is 9.85. The van der Waals surface area contributed by atoms with E-state index in [1.54, 1.807) is 35.2 Å². The molecule has 3 aromatic rings. The molecule has 3 heterocycles. The zero-order chi connectivity index (χ0) is 21.8. The van der Waals surface area contributed by atoms with Gasteiger partial charge in [-0.1, -0.05) is 23.7 Å². The minimum Gasteiger partial charge on any atom is -0.415 e. The Labute approximate surface area is 181 Å². The van der Waals surface area contributed by atoms with Crippen LogP contribution in [0.15, 0.2) is 47.0 Å². The summed E-state index contributed by atoms with van der Waals surface area (Å²) in [6.45, 7) is 1.94. The van der Waals surface area contributed by atoms with Crippen molar-refractivity contribution in [2.24, 2.45) is 0 Å². The number of nitrogens with zero attached hydrogens (tertiary/aromatic N) is 4. The molecule has 4 rings (SSSR count). The fourth-order valence-corrected chi connectivity index (χ4v) is 3.34. The molecule has 31 heavy (non-hydrogen) atoms. The quantitative estimate of drug-likeness (QED) is 0.636. The van der Waals surface area contributed by atoms with Crippen molar-refractivity contribution >= 4 is 17.6 Å². The largest absolute Gasteiger partial charge is 0.415 e. The number of urea groups is 1. The number of aromatic nitrogens is 3. The summed E-state index contributed by atoms with van der Waals surface area (Å²) < 4.78 is 35.6. The van der Waals surface area contributed by atoms with E-state index in [4.69, 9.17) is 20.8 Å². The van der Waals surface area contributed by atoms with Crippen LogP contribution in [-0.4, -0.2) is 52.4 Å². The Morgan fingerprint density at radius 3 is 2.61 bits per heavy atom. The highest BCUT2D eigenvalue weighted by Gasteiger charge is 2.24. The van der Waals surface area contributed by atoms with Crippen molar-refractivity contribution in [1.82, 2.24) is 25.4 Å². The molecule has 0 spiro atoms. The van der Waals surface area contributed by atoms with E-state index in [1.165, 1.54) is 6.20 Å². The van der Waals surface area contributed by atoms with E-state index < -0.39 is 18.4 Å². The number of amides is 2. The normalized spacial score (nSPS) is 15.2. The topological polar surface area (TPSA) is 93.4 Å². The van der Waals surface area contributed by atoms with Crippen LogP contribution in [-0.2, 0) is 4.74 Å². The fourth-order valence-electron chi connectivity index (χ4n) is 3.14. The highest BCUT2D eigenvalue weighted by Crippen LogP contribution is 2.27. The summed E-state index contributed by atoms with van der Waals surface area (Å²) in [5.41, 5.74) is 1.65. The van der Waals surface area contributed by atoms with Crippen LogP contribution in [0.5, 0.6) is 0 Å². The van der Waals surface area contributed by atoms with Crippen molar-refractivity contribution in [3.05, 3.63) is 64.8 Å². The second-order valence-corrected chi connectivity index (χ2v) is 7.19. The van der Waals surface area contributed by atoms with Gasteiger partial charge in [0.25, 0.3) is 5.89 Å². The number of nitrogens with one attached hydrogen (secondary N) is 1. The van der Waals surface area contributed by atoms with Crippen molar-refractivity contribution in [2.45, 2.75) is 12.5 Å². The average molecular weight is 450 g/mol. The van der Waals surface area contributed by atoms with Gasteiger partial charge in [-0.3, -0.25) is 4.98 Å². The molecule has 0 aliphatic carbocycles. The van der Waals surface area contributed by atoms with Gasteiger partial charge in [-0.2, -0.15) is 8.78 Å². The number of hydrogen-bond acceptors (Lipinski definition) is 6. The SMILES string of the molecule is O=C(NC(c1cccc(Cl)c1)c1ccc(-c2nnc(C(F)F)o2)cn1)N1CCOCC1. The first-order valence-electron chi connectivity index (χ1n) is 9.48. The standard InChI is InChI=1S/C20H18ClF2N5O3/c21-14-3-1-2-12(10-14)16(25-20(29)28-6-8-30-9-7-28)15-5-4-13(11-24-15)18-26-27-19(31-18)17(22)23/h1-5,10-11,16-17H,6-9H2,(H,25,29). The van der Waals surface area contributed by atoms with Crippen LogP contribution in [0.2, 0.25) is 5.02 Å². The molecule has 0 bridgehead atoms. The van der Waals surface area contributed by atoms with E-state index in [9.17, 15) is 13.6 Å². The first-order chi connectivity index (χ1) is 15.0. The van der Waals surface area contributed by atoms with Gasteiger partial charge in [-0.25, -0.2) is 4.79 Å². The average Bonchev–Trinajstić information content (AvgIpc) is 3.29. The predicted octanol–water partition coefficient (Wildman–Crippen LogP) is 3.85. The highest BCUT2D eigenvalue weighted by atomic mass is 35.5. The van der Waals surface area contributed by atoms with Crippen LogP contribution in [0, 0.1) is 0 Å². The molecule has 11 heteroatoms. The van der Waals surface area contributed by atoms with Crippen LogP contribution in [0.4, 0.5) is 13.6 Å². The monoisotopic (exact) mass is 449 g/mol. The third kappa shape index (κ3) is 4.97. The van der Waals surface area contributed by atoms with Crippen molar-refractivity contribution in [3.8, 4) is 11.5 Å². The Morgan fingerprint density at radius 1 is 1.16 bits per heavy atom. The number of morpholine rings is 1. The van der Waals surface area contributed by atoms with Gasteiger partial charge in [0.1, 0.15) is 0 Å². The van der Waals surface area contributed by atoms with Gasteiger partial charge < -0.3 is 19.4 Å². The van der Waals surface area contributed by atoms with Crippen molar-refractivity contribution in [1.29, 1.82) is 0 Å². The molecule has 2 amide bonds. The van der Waals surface area contributed by atoms with Crippen molar-refractivity contribution < 1.29 is 22.7 Å². The number of ether oxygens (including phenoxy) is 1. The molecular weight excluding hydrogens is 432 g/mol. The van der Waals surface area contributed by atoms with E-state index in [2.05, 4.69) is 20.5 Å². The number of hydrogen-bond donors (Lipinski definition) is 1. The summed E-state index contributed by atoms with van der Waals surface area (Å²) in [6.07, 6.45) is -1.42. The lowest BCUT2D eigenvalue weighted by molar-refractivity contribution is 0.0527. The van der Waals surface area contributed by atoms with E-state index in [0.717, 1.165) is 5.56 Å². The third-order valence-corrected chi connectivity index (χ3v) is 4.94. The maximum atomic E-state index is 12.8. The van der Waals surface area contributed by atoms with Crippen LogP contribution in [0.1, 0.15) is 29.6 Å². The van der Waals surface area contributed by atoms with E-state index >= 15 is 0 Å². The molecule has 2 aromatic heterocycles. The lowest BCUT2D eigenvalue weighted by atomic mass is 10.0. The molecule has 0 saturated carbocycles. The summed E-state index contributed by atoms with van der Waals surface area (Å²) in [5, 5.41) is 10.4.